The maximum Gasteiger partial charge on any atom is 0.246 e. The first-order valence-corrected chi connectivity index (χ1v) is 9.21. The molecule has 0 aliphatic carbocycles. The van der Waals surface area contributed by atoms with Crippen LogP contribution in [0.4, 0.5) is 17.3 Å². The molecule has 1 unspecified atom stereocenters. The van der Waals surface area contributed by atoms with Crippen molar-refractivity contribution in [1.29, 1.82) is 0 Å². The fraction of sp³-hybridized carbons (Fsp3) is 0.556. The standard InChI is InChI=1S/C18H25N7O/c1-14-4-3-5-23(10-14)16-8-17(20-13-19-16)24-6-7-25(18(26)12-24)15-9-21-22(2)11-15/h8-9,11,13-14H,3-7,10,12H2,1-2H3. The zero-order valence-electron chi connectivity index (χ0n) is 15.4. The van der Waals surface area contributed by atoms with Crippen LogP contribution in [0.3, 0.4) is 0 Å². The lowest BCUT2D eigenvalue weighted by molar-refractivity contribution is -0.117. The fourth-order valence-corrected chi connectivity index (χ4v) is 3.77. The molecule has 2 fully saturated rings. The smallest absolute Gasteiger partial charge is 0.246 e. The zero-order chi connectivity index (χ0) is 18.1. The highest BCUT2D eigenvalue weighted by Gasteiger charge is 2.27. The first-order valence-electron chi connectivity index (χ1n) is 9.21. The van der Waals surface area contributed by atoms with E-state index in [-0.39, 0.29) is 5.91 Å². The number of anilines is 3. The summed E-state index contributed by atoms with van der Waals surface area (Å²) in [5.41, 5.74) is 0.850. The van der Waals surface area contributed by atoms with Gasteiger partial charge >= 0.3 is 0 Å². The van der Waals surface area contributed by atoms with Gasteiger partial charge in [-0.15, -0.1) is 0 Å². The van der Waals surface area contributed by atoms with E-state index in [4.69, 9.17) is 0 Å². The van der Waals surface area contributed by atoms with E-state index in [1.165, 1.54) is 12.8 Å². The third-order valence-electron chi connectivity index (χ3n) is 5.17. The van der Waals surface area contributed by atoms with Gasteiger partial charge in [-0.25, -0.2) is 9.97 Å². The van der Waals surface area contributed by atoms with E-state index in [9.17, 15) is 4.79 Å². The molecular weight excluding hydrogens is 330 g/mol. The third-order valence-corrected chi connectivity index (χ3v) is 5.17. The Hall–Kier alpha value is -2.64. The van der Waals surface area contributed by atoms with Gasteiger partial charge < -0.3 is 14.7 Å². The summed E-state index contributed by atoms with van der Waals surface area (Å²) in [5.74, 6) is 2.54. The Morgan fingerprint density at radius 3 is 2.62 bits per heavy atom. The van der Waals surface area contributed by atoms with Crippen molar-refractivity contribution in [3.05, 3.63) is 24.8 Å². The number of nitrogens with zero attached hydrogens (tertiary/aromatic N) is 7. The van der Waals surface area contributed by atoms with Gasteiger partial charge in [0.1, 0.15) is 18.0 Å². The molecule has 0 radical (unpaired) electrons. The molecule has 0 saturated carbocycles. The summed E-state index contributed by atoms with van der Waals surface area (Å²) >= 11 is 0. The Kier molecular flexibility index (Phi) is 4.48. The molecule has 2 aliphatic heterocycles. The van der Waals surface area contributed by atoms with E-state index >= 15 is 0 Å². The quantitative estimate of drug-likeness (QED) is 0.827. The Morgan fingerprint density at radius 2 is 1.92 bits per heavy atom. The van der Waals surface area contributed by atoms with Gasteiger partial charge in [-0.3, -0.25) is 9.48 Å². The van der Waals surface area contributed by atoms with Crippen LogP contribution in [-0.2, 0) is 11.8 Å². The van der Waals surface area contributed by atoms with Crippen molar-refractivity contribution in [2.75, 3.05) is 47.4 Å². The molecule has 0 spiro atoms. The van der Waals surface area contributed by atoms with Gasteiger partial charge in [-0.05, 0) is 18.8 Å². The van der Waals surface area contributed by atoms with E-state index in [0.717, 1.165) is 37.0 Å². The van der Waals surface area contributed by atoms with Crippen LogP contribution in [0.2, 0.25) is 0 Å². The van der Waals surface area contributed by atoms with Crippen LogP contribution >= 0.6 is 0 Å². The predicted molar refractivity (Wildman–Crippen MR) is 100 cm³/mol. The summed E-state index contributed by atoms with van der Waals surface area (Å²) in [6, 6.07) is 2.02. The second-order valence-corrected chi connectivity index (χ2v) is 7.27. The summed E-state index contributed by atoms with van der Waals surface area (Å²) in [6.07, 6.45) is 7.69. The minimum Gasteiger partial charge on any atom is -0.356 e. The predicted octanol–water partition coefficient (Wildman–Crippen LogP) is 1.30. The number of hydrogen-bond donors (Lipinski definition) is 0. The molecule has 1 amide bonds. The molecule has 2 aromatic heterocycles. The minimum atomic E-state index is 0.0657. The van der Waals surface area contributed by atoms with E-state index in [0.29, 0.717) is 19.0 Å². The van der Waals surface area contributed by atoms with Gasteiger partial charge in [0.25, 0.3) is 0 Å². The molecular formula is C18H25N7O. The number of piperidine rings is 1. The summed E-state index contributed by atoms with van der Waals surface area (Å²) < 4.78 is 1.71. The number of aryl methyl sites for hydroxylation is 1. The lowest BCUT2D eigenvalue weighted by Crippen LogP contribution is -2.51. The number of carbonyl (C=O) groups excluding carboxylic acids is 1. The molecule has 2 aliphatic rings. The van der Waals surface area contributed by atoms with Crippen molar-refractivity contribution in [3.8, 4) is 0 Å². The normalized spacial score (nSPS) is 21.4. The first kappa shape index (κ1) is 16.8. The van der Waals surface area contributed by atoms with Gasteiger partial charge in [0, 0.05) is 45.5 Å². The maximum atomic E-state index is 12.6. The van der Waals surface area contributed by atoms with Crippen molar-refractivity contribution < 1.29 is 4.79 Å². The van der Waals surface area contributed by atoms with Crippen molar-refractivity contribution >= 4 is 23.2 Å². The second kappa shape index (κ2) is 6.93. The number of hydrogen-bond acceptors (Lipinski definition) is 6. The third kappa shape index (κ3) is 3.36. The number of rotatable bonds is 3. The summed E-state index contributed by atoms with van der Waals surface area (Å²) in [6.45, 7) is 6.04. The molecule has 8 nitrogen and oxygen atoms in total. The van der Waals surface area contributed by atoms with Crippen molar-refractivity contribution in [2.24, 2.45) is 13.0 Å². The second-order valence-electron chi connectivity index (χ2n) is 7.27. The topological polar surface area (TPSA) is 70.4 Å². The Morgan fingerprint density at radius 1 is 1.12 bits per heavy atom. The van der Waals surface area contributed by atoms with Crippen LogP contribution in [-0.4, -0.2) is 58.4 Å². The molecule has 2 saturated heterocycles. The van der Waals surface area contributed by atoms with Crippen LogP contribution in [0.5, 0.6) is 0 Å². The van der Waals surface area contributed by atoms with Crippen LogP contribution in [0, 0.1) is 5.92 Å². The molecule has 138 valence electrons. The molecule has 0 aromatic carbocycles. The van der Waals surface area contributed by atoms with Crippen molar-refractivity contribution in [3.63, 3.8) is 0 Å². The monoisotopic (exact) mass is 355 g/mol. The van der Waals surface area contributed by atoms with Gasteiger partial charge in [0.05, 0.1) is 18.4 Å². The molecule has 4 heterocycles. The number of aromatic nitrogens is 4. The minimum absolute atomic E-state index is 0.0657. The fourth-order valence-electron chi connectivity index (χ4n) is 3.77. The van der Waals surface area contributed by atoms with Crippen LogP contribution in [0.15, 0.2) is 24.8 Å². The number of carbonyl (C=O) groups is 1. The lowest BCUT2D eigenvalue weighted by Gasteiger charge is -2.35. The Balaban J connectivity index is 1.47. The average Bonchev–Trinajstić information content (AvgIpc) is 3.08. The van der Waals surface area contributed by atoms with E-state index < -0.39 is 0 Å². The van der Waals surface area contributed by atoms with E-state index in [1.54, 1.807) is 22.1 Å². The molecule has 26 heavy (non-hydrogen) atoms. The maximum absolute atomic E-state index is 12.6. The van der Waals surface area contributed by atoms with E-state index in [1.807, 2.05) is 24.2 Å². The highest BCUT2D eigenvalue weighted by molar-refractivity contribution is 5.97. The Labute approximate surface area is 153 Å². The molecule has 4 rings (SSSR count). The van der Waals surface area contributed by atoms with Crippen molar-refractivity contribution in [1.82, 2.24) is 19.7 Å². The van der Waals surface area contributed by atoms with Gasteiger partial charge in [-0.2, -0.15) is 5.10 Å². The molecule has 8 heteroatoms. The highest BCUT2D eigenvalue weighted by Crippen LogP contribution is 2.25. The van der Waals surface area contributed by atoms with Crippen LogP contribution < -0.4 is 14.7 Å². The highest BCUT2D eigenvalue weighted by atomic mass is 16.2. The molecule has 0 bridgehead atoms. The largest absolute Gasteiger partial charge is 0.356 e. The van der Waals surface area contributed by atoms with Gasteiger partial charge in [-0.1, -0.05) is 6.92 Å². The summed E-state index contributed by atoms with van der Waals surface area (Å²) in [5, 5.41) is 4.16. The molecule has 2 aromatic rings. The summed E-state index contributed by atoms with van der Waals surface area (Å²) in [4.78, 5) is 27.6. The van der Waals surface area contributed by atoms with Crippen molar-refractivity contribution in [2.45, 2.75) is 19.8 Å². The van der Waals surface area contributed by atoms with E-state index in [2.05, 4.69) is 26.9 Å². The lowest BCUT2D eigenvalue weighted by atomic mass is 10.0. The average molecular weight is 355 g/mol. The van der Waals surface area contributed by atoms with Gasteiger partial charge in [0.2, 0.25) is 5.91 Å². The SMILES string of the molecule is CC1CCCN(c2cc(N3CCN(c4cnn(C)c4)C(=O)C3)ncn2)C1. The summed E-state index contributed by atoms with van der Waals surface area (Å²) in [7, 11) is 1.86. The van der Waals surface area contributed by atoms with Gasteiger partial charge in [0.15, 0.2) is 0 Å². The first-order chi connectivity index (χ1) is 12.6. The molecule has 1 atom stereocenters. The Bertz CT molecular complexity index is 789. The zero-order valence-corrected chi connectivity index (χ0v) is 15.4. The van der Waals surface area contributed by atoms with Crippen LogP contribution in [0.1, 0.15) is 19.8 Å². The number of amides is 1. The molecule has 0 N–H and O–H groups in total. The number of piperazine rings is 1. The van der Waals surface area contributed by atoms with Crippen LogP contribution in [0.25, 0.3) is 0 Å².